The third-order valence-electron chi connectivity index (χ3n) is 4.45. The number of para-hydroxylation sites is 1. The fraction of sp³-hybridized carbons (Fsp3) is 0.412. The molecule has 1 unspecified atom stereocenters. The number of hydrogen-bond acceptors (Lipinski definition) is 6. The number of amides is 3. The number of ether oxygens (including phenoxy) is 2. The van der Waals surface area contributed by atoms with Crippen molar-refractivity contribution in [3.8, 4) is 11.5 Å². The molecule has 28 heavy (non-hydrogen) atoms. The van der Waals surface area contributed by atoms with Crippen LogP contribution in [0.4, 0.5) is 13.6 Å². The first-order valence-corrected chi connectivity index (χ1v) is 8.64. The smallest absolute Gasteiger partial charge is 0.395 e. The van der Waals surface area contributed by atoms with Crippen LogP contribution in [0.15, 0.2) is 24.4 Å². The Morgan fingerprint density at radius 2 is 2.07 bits per heavy atom. The Morgan fingerprint density at radius 1 is 1.29 bits per heavy atom. The predicted molar refractivity (Wildman–Crippen MR) is 89.6 cm³/mol. The summed E-state index contributed by atoms with van der Waals surface area (Å²) in [5.74, 6) is -0.805. The lowest BCUT2D eigenvalue weighted by Crippen LogP contribution is -2.32. The zero-order valence-corrected chi connectivity index (χ0v) is 15.1. The lowest BCUT2D eigenvalue weighted by atomic mass is 10.1. The highest BCUT2D eigenvalue weighted by Crippen LogP contribution is 2.43. The lowest BCUT2D eigenvalue weighted by molar-refractivity contribution is -0.287. The molecule has 2 aliphatic heterocycles. The standard InChI is InChI=1S/C17H17F2N5O4/c1-9(2)24-8-11(21-22-24)6-12-15(25)23(16(26)20-12)7-10-4-3-5-13-14(10)28-17(18,19)27-13/h3-5,8-9,12H,6-7H2,1-2H3,(H,20,26). The zero-order valence-electron chi connectivity index (χ0n) is 15.1. The predicted octanol–water partition coefficient (Wildman–Crippen LogP) is 1.84. The van der Waals surface area contributed by atoms with Crippen molar-refractivity contribution < 1.29 is 27.8 Å². The summed E-state index contributed by atoms with van der Waals surface area (Å²) in [6, 6.07) is 3.00. The highest BCUT2D eigenvalue weighted by molar-refractivity contribution is 6.04. The molecule has 0 saturated carbocycles. The van der Waals surface area contributed by atoms with Gasteiger partial charge in [-0.05, 0) is 19.9 Å². The highest BCUT2D eigenvalue weighted by atomic mass is 19.3. The first kappa shape index (κ1) is 18.1. The molecular weight excluding hydrogens is 376 g/mol. The van der Waals surface area contributed by atoms with Crippen LogP contribution >= 0.6 is 0 Å². The van der Waals surface area contributed by atoms with Crippen LogP contribution in [0, 0.1) is 0 Å². The monoisotopic (exact) mass is 393 g/mol. The summed E-state index contributed by atoms with van der Waals surface area (Å²) in [7, 11) is 0. The van der Waals surface area contributed by atoms with Gasteiger partial charge in [-0.1, -0.05) is 17.3 Å². The molecule has 2 aromatic rings. The Balaban J connectivity index is 1.49. The maximum atomic E-state index is 13.3. The van der Waals surface area contributed by atoms with Crippen molar-refractivity contribution in [3.05, 3.63) is 35.7 Å². The van der Waals surface area contributed by atoms with Crippen LogP contribution in [-0.4, -0.2) is 44.2 Å². The second kappa shape index (κ2) is 6.43. The lowest BCUT2D eigenvalue weighted by Gasteiger charge is -2.14. The molecule has 3 amide bonds. The van der Waals surface area contributed by atoms with E-state index in [-0.39, 0.29) is 36.1 Å². The second-order valence-electron chi connectivity index (χ2n) is 6.83. The van der Waals surface area contributed by atoms with Gasteiger partial charge in [-0.25, -0.2) is 9.48 Å². The van der Waals surface area contributed by atoms with E-state index in [9.17, 15) is 18.4 Å². The summed E-state index contributed by atoms with van der Waals surface area (Å²) in [5.41, 5.74) is 0.802. The second-order valence-corrected chi connectivity index (χ2v) is 6.83. The minimum Gasteiger partial charge on any atom is -0.395 e. The third-order valence-corrected chi connectivity index (χ3v) is 4.45. The number of alkyl halides is 2. The molecule has 0 bridgehead atoms. The number of carbonyl (C=O) groups excluding carboxylic acids is 2. The van der Waals surface area contributed by atoms with Gasteiger partial charge in [-0.3, -0.25) is 9.69 Å². The van der Waals surface area contributed by atoms with Crippen LogP contribution in [0.3, 0.4) is 0 Å². The van der Waals surface area contributed by atoms with Gasteiger partial charge in [0.15, 0.2) is 11.5 Å². The summed E-state index contributed by atoms with van der Waals surface area (Å²) in [6.45, 7) is 3.66. The van der Waals surface area contributed by atoms with Crippen molar-refractivity contribution in [2.45, 2.75) is 45.2 Å². The van der Waals surface area contributed by atoms with Gasteiger partial charge >= 0.3 is 12.3 Å². The normalized spacial score (nSPS) is 20.2. The average Bonchev–Trinajstić information content (AvgIpc) is 3.27. The molecule has 0 radical (unpaired) electrons. The maximum Gasteiger partial charge on any atom is 0.586 e. The van der Waals surface area contributed by atoms with E-state index in [4.69, 9.17) is 0 Å². The summed E-state index contributed by atoms with van der Waals surface area (Å²) in [4.78, 5) is 25.9. The Kier molecular flexibility index (Phi) is 4.16. The maximum absolute atomic E-state index is 13.3. The SMILES string of the molecule is CC(C)n1cc(CC2NC(=O)N(Cc3cccc4c3OC(F)(F)O4)C2=O)nn1. The number of fused-ring (bicyclic) bond motifs is 1. The molecule has 1 aromatic carbocycles. The summed E-state index contributed by atoms with van der Waals surface area (Å²) in [6.07, 6.45) is -1.89. The van der Waals surface area contributed by atoms with Crippen LogP contribution in [0.1, 0.15) is 31.1 Å². The molecule has 0 spiro atoms. The van der Waals surface area contributed by atoms with Gasteiger partial charge in [-0.2, -0.15) is 0 Å². The van der Waals surface area contributed by atoms with Gasteiger partial charge < -0.3 is 14.8 Å². The molecule has 1 atom stereocenters. The summed E-state index contributed by atoms with van der Waals surface area (Å²) < 4.78 is 37.2. The fourth-order valence-electron chi connectivity index (χ4n) is 3.05. The van der Waals surface area contributed by atoms with E-state index in [0.29, 0.717) is 5.69 Å². The molecule has 148 valence electrons. The summed E-state index contributed by atoms with van der Waals surface area (Å²) >= 11 is 0. The number of imide groups is 1. The van der Waals surface area contributed by atoms with Crippen LogP contribution in [-0.2, 0) is 17.8 Å². The van der Waals surface area contributed by atoms with Crippen molar-refractivity contribution in [1.82, 2.24) is 25.2 Å². The van der Waals surface area contributed by atoms with E-state index >= 15 is 0 Å². The molecule has 11 heteroatoms. The van der Waals surface area contributed by atoms with Crippen LogP contribution in [0.25, 0.3) is 0 Å². The van der Waals surface area contributed by atoms with Crippen molar-refractivity contribution >= 4 is 11.9 Å². The van der Waals surface area contributed by atoms with E-state index in [1.807, 2.05) is 13.8 Å². The number of nitrogens with one attached hydrogen (secondary N) is 1. The quantitative estimate of drug-likeness (QED) is 0.779. The minimum atomic E-state index is -3.78. The van der Waals surface area contributed by atoms with Crippen LogP contribution in [0.2, 0.25) is 0 Å². The molecule has 1 saturated heterocycles. The Hall–Kier alpha value is -3.24. The van der Waals surface area contributed by atoms with Gasteiger partial charge in [0.25, 0.3) is 5.91 Å². The number of carbonyl (C=O) groups is 2. The van der Waals surface area contributed by atoms with E-state index in [1.54, 1.807) is 10.9 Å². The van der Waals surface area contributed by atoms with Gasteiger partial charge in [0.2, 0.25) is 0 Å². The number of halogens is 2. The van der Waals surface area contributed by atoms with Gasteiger partial charge in [0.05, 0.1) is 12.2 Å². The summed E-state index contributed by atoms with van der Waals surface area (Å²) in [5, 5.41) is 10.6. The number of nitrogens with zero attached hydrogens (tertiary/aromatic N) is 4. The Bertz CT molecular complexity index is 945. The van der Waals surface area contributed by atoms with E-state index < -0.39 is 24.3 Å². The number of urea groups is 1. The van der Waals surface area contributed by atoms with Crippen LogP contribution in [0.5, 0.6) is 11.5 Å². The number of aromatic nitrogens is 3. The third kappa shape index (κ3) is 3.23. The molecule has 4 rings (SSSR count). The number of benzene rings is 1. The number of hydrogen-bond donors (Lipinski definition) is 1. The van der Waals surface area contributed by atoms with Crippen molar-refractivity contribution in [2.24, 2.45) is 0 Å². The first-order chi connectivity index (χ1) is 13.2. The highest BCUT2D eigenvalue weighted by Gasteiger charge is 2.45. The van der Waals surface area contributed by atoms with E-state index in [2.05, 4.69) is 25.1 Å². The van der Waals surface area contributed by atoms with E-state index in [0.717, 1.165) is 4.90 Å². The molecule has 0 aliphatic carbocycles. The van der Waals surface area contributed by atoms with Crippen molar-refractivity contribution in [1.29, 1.82) is 0 Å². The first-order valence-electron chi connectivity index (χ1n) is 8.64. The Morgan fingerprint density at radius 3 is 2.79 bits per heavy atom. The van der Waals surface area contributed by atoms with E-state index in [1.165, 1.54) is 18.2 Å². The molecule has 9 nitrogen and oxygen atoms in total. The van der Waals surface area contributed by atoms with Crippen LogP contribution < -0.4 is 14.8 Å². The molecule has 3 heterocycles. The number of rotatable bonds is 5. The van der Waals surface area contributed by atoms with Gasteiger partial charge in [0.1, 0.15) is 6.04 Å². The Labute approximate surface area is 158 Å². The molecular formula is C17H17F2N5O4. The van der Waals surface area contributed by atoms with Crippen molar-refractivity contribution in [2.75, 3.05) is 0 Å². The van der Waals surface area contributed by atoms with Gasteiger partial charge in [-0.15, -0.1) is 13.9 Å². The topological polar surface area (TPSA) is 98.6 Å². The van der Waals surface area contributed by atoms with Gasteiger partial charge in [0, 0.05) is 24.2 Å². The van der Waals surface area contributed by atoms with Crippen molar-refractivity contribution in [3.63, 3.8) is 0 Å². The fourth-order valence-corrected chi connectivity index (χ4v) is 3.05. The molecule has 1 N–H and O–H groups in total. The minimum absolute atomic E-state index is 0.118. The average molecular weight is 393 g/mol. The molecule has 1 fully saturated rings. The molecule has 2 aliphatic rings. The largest absolute Gasteiger partial charge is 0.586 e. The zero-order chi connectivity index (χ0) is 20.1. The molecule has 1 aromatic heterocycles.